The minimum absolute atomic E-state index is 0.410. The minimum Gasteiger partial charge on any atom is -0.387 e. The lowest BCUT2D eigenvalue weighted by Gasteiger charge is -2.10. The van der Waals surface area contributed by atoms with E-state index in [2.05, 4.69) is 18.8 Å². The van der Waals surface area contributed by atoms with Gasteiger partial charge in [0.15, 0.2) is 0 Å². The average Bonchev–Trinajstić information content (AvgIpc) is 1.83. The summed E-state index contributed by atoms with van der Waals surface area (Å²) in [6, 6.07) is 0.410. The molecule has 0 aromatic heterocycles. The van der Waals surface area contributed by atoms with Crippen molar-refractivity contribution in [2.24, 2.45) is 5.73 Å². The molecule has 0 fully saturated rings. The average molecular weight is 114 g/mol. The molecule has 0 bridgehead atoms. The van der Waals surface area contributed by atoms with E-state index < -0.39 is 0 Å². The van der Waals surface area contributed by atoms with Crippen LogP contribution in [-0.2, 0) is 0 Å². The smallest absolute Gasteiger partial charge is 0.0375 e. The van der Waals surface area contributed by atoms with Crippen molar-refractivity contribution in [2.45, 2.75) is 19.4 Å². The summed E-state index contributed by atoms with van der Waals surface area (Å²) in [5.41, 5.74) is 5.36. The highest BCUT2D eigenvalue weighted by Gasteiger charge is 1.95. The highest BCUT2D eigenvalue weighted by Crippen LogP contribution is 1.84. The lowest BCUT2D eigenvalue weighted by atomic mass is 10.2. The second-order valence-corrected chi connectivity index (χ2v) is 1.71. The third-order valence-electron chi connectivity index (χ3n) is 1.13. The molecule has 0 aromatic rings. The summed E-state index contributed by atoms with van der Waals surface area (Å²) >= 11 is 0. The van der Waals surface area contributed by atoms with E-state index in [1.165, 1.54) is 0 Å². The molecule has 0 aromatic carbocycles. The third kappa shape index (κ3) is 2.64. The molecule has 0 heterocycles. The van der Waals surface area contributed by atoms with E-state index in [0.29, 0.717) is 12.6 Å². The Balaban J connectivity index is 3.20. The Labute approximate surface area is 50.8 Å². The molecule has 0 rings (SSSR count). The maximum atomic E-state index is 5.36. The van der Waals surface area contributed by atoms with Crippen molar-refractivity contribution in [3.05, 3.63) is 12.8 Å². The molecule has 1 unspecified atom stereocenters. The van der Waals surface area contributed by atoms with E-state index in [-0.39, 0.29) is 0 Å². The zero-order valence-corrected chi connectivity index (χ0v) is 5.35. The Bertz CT molecular complexity index is 57.5. The van der Waals surface area contributed by atoms with Gasteiger partial charge >= 0.3 is 0 Å². The fourth-order valence-corrected chi connectivity index (χ4v) is 0.519. The molecule has 48 valence electrons. The molecular weight excluding hydrogens is 100 g/mol. The maximum absolute atomic E-state index is 5.36. The lowest BCUT2D eigenvalue weighted by Crippen LogP contribution is -2.31. The van der Waals surface area contributed by atoms with E-state index in [0.717, 1.165) is 6.42 Å². The summed E-state index contributed by atoms with van der Waals surface area (Å²) in [5.74, 6) is 0. The van der Waals surface area contributed by atoms with Crippen LogP contribution >= 0.6 is 0 Å². The SMILES string of the molecule is C=CNC(CC)CN. The van der Waals surface area contributed by atoms with Crippen molar-refractivity contribution >= 4 is 0 Å². The fourth-order valence-electron chi connectivity index (χ4n) is 0.519. The highest BCUT2D eigenvalue weighted by atomic mass is 14.9. The van der Waals surface area contributed by atoms with Gasteiger partial charge in [0.1, 0.15) is 0 Å². The Hall–Kier alpha value is -0.500. The predicted octanol–water partition coefficient (Wildman–Crippen LogP) is 0.457. The zero-order chi connectivity index (χ0) is 6.41. The molecule has 2 heteroatoms. The molecular formula is C6H14N2. The van der Waals surface area contributed by atoms with Gasteiger partial charge in [-0.3, -0.25) is 0 Å². The van der Waals surface area contributed by atoms with Crippen LogP contribution in [0.5, 0.6) is 0 Å². The molecule has 0 aliphatic carbocycles. The topological polar surface area (TPSA) is 38.0 Å². The van der Waals surface area contributed by atoms with E-state index in [1.807, 2.05) is 0 Å². The molecule has 2 nitrogen and oxygen atoms in total. The summed E-state index contributed by atoms with van der Waals surface area (Å²) in [6.45, 7) is 6.30. The van der Waals surface area contributed by atoms with Crippen LogP contribution in [0.1, 0.15) is 13.3 Å². The summed E-state index contributed by atoms with van der Waals surface area (Å²) in [5, 5.41) is 3.02. The first kappa shape index (κ1) is 7.50. The number of nitrogens with two attached hydrogens (primary N) is 1. The summed E-state index contributed by atoms with van der Waals surface area (Å²) in [7, 11) is 0. The lowest BCUT2D eigenvalue weighted by molar-refractivity contribution is 0.578. The Kier molecular flexibility index (Phi) is 4.36. The Morgan fingerprint density at radius 1 is 1.88 bits per heavy atom. The molecule has 3 N–H and O–H groups in total. The molecule has 0 radical (unpaired) electrons. The fraction of sp³-hybridized carbons (Fsp3) is 0.667. The number of hydrogen-bond donors (Lipinski definition) is 2. The minimum atomic E-state index is 0.410. The first-order valence-corrected chi connectivity index (χ1v) is 2.92. The van der Waals surface area contributed by atoms with Crippen molar-refractivity contribution in [1.29, 1.82) is 0 Å². The van der Waals surface area contributed by atoms with Crippen LogP contribution in [0.15, 0.2) is 12.8 Å². The molecule has 0 saturated heterocycles. The van der Waals surface area contributed by atoms with Gasteiger partial charge in [-0.2, -0.15) is 0 Å². The van der Waals surface area contributed by atoms with Crippen LogP contribution in [0.2, 0.25) is 0 Å². The van der Waals surface area contributed by atoms with Gasteiger partial charge < -0.3 is 11.1 Å². The summed E-state index contributed by atoms with van der Waals surface area (Å²) in [6.07, 6.45) is 2.74. The second kappa shape index (κ2) is 4.65. The zero-order valence-electron chi connectivity index (χ0n) is 5.35. The molecule has 8 heavy (non-hydrogen) atoms. The maximum Gasteiger partial charge on any atom is 0.0375 e. The first-order chi connectivity index (χ1) is 3.85. The van der Waals surface area contributed by atoms with Crippen molar-refractivity contribution in [1.82, 2.24) is 5.32 Å². The Morgan fingerprint density at radius 3 is 2.62 bits per heavy atom. The van der Waals surface area contributed by atoms with Gasteiger partial charge in [0.25, 0.3) is 0 Å². The number of nitrogens with one attached hydrogen (secondary N) is 1. The van der Waals surface area contributed by atoms with Gasteiger partial charge in [-0.15, -0.1) is 0 Å². The van der Waals surface area contributed by atoms with Crippen molar-refractivity contribution in [3.63, 3.8) is 0 Å². The largest absolute Gasteiger partial charge is 0.387 e. The normalized spacial score (nSPS) is 12.8. The molecule has 0 spiro atoms. The van der Waals surface area contributed by atoms with Gasteiger partial charge in [-0.05, 0) is 12.6 Å². The second-order valence-electron chi connectivity index (χ2n) is 1.71. The van der Waals surface area contributed by atoms with Gasteiger partial charge in [0.2, 0.25) is 0 Å². The van der Waals surface area contributed by atoms with Gasteiger partial charge in [0.05, 0.1) is 0 Å². The standard InChI is InChI=1S/C6H14N2/c1-3-6(5-7)8-4-2/h4,6,8H,2-3,5,7H2,1H3. The van der Waals surface area contributed by atoms with Crippen LogP contribution in [0, 0.1) is 0 Å². The van der Waals surface area contributed by atoms with Crippen LogP contribution < -0.4 is 11.1 Å². The quantitative estimate of drug-likeness (QED) is 0.557. The van der Waals surface area contributed by atoms with E-state index in [1.54, 1.807) is 6.20 Å². The Morgan fingerprint density at radius 2 is 2.50 bits per heavy atom. The molecule has 0 amide bonds. The first-order valence-electron chi connectivity index (χ1n) is 2.92. The summed E-state index contributed by atoms with van der Waals surface area (Å²) < 4.78 is 0. The van der Waals surface area contributed by atoms with Gasteiger partial charge in [0, 0.05) is 12.6 Å². The molecule has 0 aliphatic heterocycles. The van der Waals surface area contributed by atoms with Crippen LogP contribution in [0.4, 0.5) is 0 Å². The third-order valence-corrected chi connectivity index (χ3v) is 1.13. The molecule has 1 atom stereocenters. The monoisotopic (exact) mass is 114 g/mol. The highest BCUT2D eigenvalue weighted by molar-refractivity contribution is 4.72. The van der Waals surface area contributed by atoms with Crippen LogP contribution in [0.25, 0.3) is 0 Å². The number of rotatable bonds is 4. The van der Waals surface area contributed by atoms with Crippen molar-refractivity contribution in [2.75, 3.05) is 6.54 Å². The van der Waals surface area contributed by atoms with Crippen LogP contribution in [-0.4, -0.2) is 12.6 Å². The van der Waals surface area contributed by atoms with Gasteiger partial charge in [-0.1, -0.05) is 13.5 Å². The molecule has 0 aliphatic rings. The van der Waals surface area contributed by atoms with Crippen LogP contribution in [0.3, 0.4) is 0 Å². The number of hydrogen-bond acceptors (Lipinski definition) is 2. The molecule has 0 saturated carbocycles. The van der Waals surface area contributed by atoms with E-state index in [9.17, 15) is 0 Å². The van der Waals surface area contributed by atoms with Crippen molar-refractivity contribution < 1.29 is 0 Å². The van der Waals surface area contributed by atoms with Gasteiger partial charge in [-0.25, -0.2) is 0 Å². The van der Waals surface area contributed by atoms with Crippen molar-refractivity contribution in [3.8, 4) is 0 Å². The van der Waals surface area contributed by atoms with E-state index >= 15 is 0 Å². The predicted molar refractivity (Wildman–Crippen MR) is 36.5 cm³/mol. The van der Waals surface area contributed by atoms with E-state index in [4.69, 9.17) is 5.73 Å². The summed E-state index contributed by atoms with van der Waals surface area (Å²) in [4.78, 5) is 0.